The van der Waals surface area contributed by atoms with Crippen molar-refractivity contribution >= 4 is 65.3 Å². The molecule has 0 spiro atoms. The molecule has 1 aliphatic carbocycles. The Morgan fingerprint density at radius 2 is 1.06 bits per heavy atom. The van der Waals surface area contributed by atoms with Crippen molar-refractivity contribution < 1.29 is 4.42 Å². The molecule has 10 aromatic rings. The van der Waals surface area contributed by atoms with E-state index in [2.05, 4.69) is 165 Å². The van der Waals surface area contributed by atoms with Crippen LogP contribution in [-0.4, -0.2) is 4.57 Å². The highest BCUT2D eigenvalue weighted by atomic mass is 16.3. The van der Waals surface area contributed by atoms with E-state index >= 15 is 0 Å². The van der Waals surface area contributed by atoms with Crippen molar-refractivity contribution in [1.29, 1.82) is 0 Å². The normalized spacial score (nSPS) is 12.7. The highest BCUT2D eigenvalue weighted by molar-refractivity contribution is 6.27. The Balaban J connectivity index is 1.04. The van der Waals surface area contributed by atoms with Crippen LogP contribution in [0.2, 0.25) is 0 Å². The Bertz CT molecular complexity index is 3050. The number of hydrogen-bond donors (Lipinski definition) is 0. The first-order valence-electron chi connectivity index (χ1n) is 17.5. The zero-order valence-electron chi connectivity index (χ0n) is 28.2. The molecule has 0 saturated carbocycles. The summed E-state index contributed by atoms with van der Waals surface area (Å²) < 4.78 is 8.72. The summed E-state index contributed by atoms with van der Waals surface area (Å²) in [5.74, 6) is 0. The molecule has 236 valence electrons. The van der Waals surface area contributed by atoms with Crippen molar-refractivity contribution in [3.63, 3.8) is 0 Å². The Morgan fingerprint density at radius 1 is 0.440 bits per heavy atom. The lowest BCUT2D eigenvalue weighted by atomic mass is 9.77. The molecular weight excluding hydrogens is 607 g/mol. The van der Waals surface area contributed by atoms with Crippen LogP contribution in [0.4, 0.5) is 0 Å². The van der Waals surface area contributed by atoms with E-state index in [4.69, 9.17) is 4.42 Å². The van der Waals surface area contributed by atoms with Crippen LogP contribution in [0.25, 0.3) is 104 Å². The fourth-order valence-corrected chi connectivity index (χ4v) is 8.45. The zero-order chi connectivity index (χ0) is 33.3. The first-order valence-corrected chi connectivity index (χ1v) is 17.5. The molecule has 0 aliphatic heterocycles. The smallest absolute Gasteiger partial charge is 0.136 e. The van der Waals surface area contributed by atoms with Crippen molar-refractivity contribution in [3.05, 3.63) is 151 Å². The van der Waals surface area contributed by atoms with Gasteiger partial charge in [-0.2, -0.15) is 0 Å². The fraction of sp³-hybridized carbons (Fsp3) is 0.0833. The SMILES string of the molecule is CC(C)(C)c1ccc(-c2ccc3cc4c(cc3c2)-c2cc3cc(-n5c6ccccc6c6c7c(ccc65)oc5ccccc57)ccc3cc2-4)cc1. The van der Waals surface area contributed by atoms with Crippen LogP contribution in [0.3, 0.4) is 0 Å². The molecule has 11 rings (SSSR count). The highest BCUT2D eigenvalue weighted by Crippen LogP contribution is 2.51. The van der Waals surface area contributed by atoms with Gasteiger partial charge in [0.25, 0.3) is 0 Å². The van der Waals surface area contributed by atoms with Gasteiger partial charge in [-0.05, 0) is 133 Å². The minimum Gasteiger partial charge on any atom is -0.456 e. The predicted molar refractivity (Wildman–Crippen MR) is 212 cm³/mol. The lowest BCUT2D eigenvalue weighted by Gasteiger charge is -2.26. The number of fused-ring (bicyclic) bond motifs is 13. The van der Waals surface area contributed by atoms with Crippen LogP contribution < -0.4 is 0 Å². The van der Waals surface area contributed by atoms with E-state index in [-0.39, 0.29) is 5.41 Å². The molecule has 0 fully saturated rings. The summed E-state index contributed by atoms with van der Waals surface area (Å²) in [7, 11) is 0. The third kappa shape index (κ3) is 3.85. The zero-order valence-corrected chi connectivity index (χ0v) is 28.2. The van der Waals surface area contributed by atoms with Gasteiger partial charge in [0.2, 0.25) is 0 Å². The monoisotopic (exact) mass is 639 g/mol. The Labute approximate surface area is 289 Å². The molecule has 50 heavy (non-hydrogen) atoms. The number of aromatic nitrogens is 1. The fourth-order valence-electron chi connectivity index (χ4n) is 8.45. The molecule has 2 nitrogen and oxygen atoms in total. The van der Waals surface area contributed by atoms with Crippen LogP contribution in [0, 0.1) is 0 Å². The van der Waals surface area contributed by atoms with Crippen molar-refractivity contribution in [1.82, 2.24) is 4.57 Å². The van der Waals surface area contributed by atoms with Gasteiger partial charge in [0, 0.05) is 27.2 Å². The van der Waals surface area contributed by atoms with Gasteiger partial charge in [0.15, 0.2) is 0 Å². The first kappa shape index (κ1) is 27.8. The molecule has 0 bridgehead atoms. The maximum absolute atomic E-state index is 6.30. The summed E-state index contributed by atoms with van der Waals surface area (Å²) in [5.41, 5.74) is 14.8. The molecule has 2 heterocycles. The molecule has 8 aromatic carbocycles. The highest BCUT2D eigenvalue weighted by Gasteiger charge is 2.25. The van der Waals surface area contributed by atoms with Crippen molar-refractivity contribution in [2.75, 3.05) is 0 Å². The van der Waals surface area contributed by atoms with Crippen LogP contribution in [0.5, 0.6) is 0 Å². The maximum Gasteiger partial charge on any atom is 0.136 e. The molecule has 0 saturated heterocycles. The van der Waals surface area contributed by atoms with Gasteiger partial charge in [0.05, 0.1) is 11.0 Å². The number of para-hydroxylation sites is 2. The molecule has 0 N–H and O–H groups in total. The summed E-state index contributed by atoms with van der Waals surface area (Å²) in [6.45, 7) is 6.80. The van der Waals surface area contributed by atoms with Crippen LogP contribution in [-0.2, 0) is 5.41 Å². The summed E-state index contributed by atoms with van der Waals surface area (Å²) >= 11 is 0. The Kier molecular flexibility index (Phi) is 5.41. The van der Waals surface area contributed by atoms with E-state index in [9.17, 15) is 0 Å². The molecular formula is C48H33NO. The average Bonchev–Trinajstić information content (AvgIpc) is 3.68. The summed E-state index contributed by atoms with van der Waals surface area (Å²) in [6, 6.07) is 53.9. The molecule has 0 atom stereocenters. The van der Waals surface area contributed by atoms with E-state index < -0.39 is 0 Å². The van der Waals surface area contributed by atoms with Gasteiger partial charge in [-0.25, -0.2) is 0 Å². The summed E-state index contributed by atoms with van der Waals surface area (Å²) in [5, 5.41) is 9.90. The summed E-state index contributed by atoms with van der Waals surface area (Å²) in [4.78, 5) is 0. The van der Waals surface area contributed by atoms with Crippen LogP contribution in [0.15, 0.2) is 150 Å². The largest absolute Gasteiger partial charge is 0.456 e. The van der Waals surface area contributed by atoms with E-state index in [0.29, 0.717) is 0 Å². The molecule has 0 radical (unpaired) electrons. The second-order valence-corrected chi connectivity index (χ2v) is 15.0. The van der Waals surface area contributed by atoms with Gasteiger partial charge < -0.3 is 8.98 Å². The number of hydrogen-bond acceptors (Lipinski definition) is 1. The molecule has 0 amide bonds. The number of nitrogens with zero attached hydrogens (tertiary/aromatic N) is 1. The number of rotatable bonds is 2. The Hall–Kier alpha value is -6.12. The second kappa shape index (κ2) is 9.74. The minimum absolute atomic E-state index is 0.147. The third-order valence-electron chi connectivity index (χ3n) is 11.0. The van der Waals surface area contributed by atoms with Crippen LogP contribution in [0.1, 0.15) is 26.3 Å². The van der Waals surface area contributed by atoms with Crippen LogP contribution >= 0.6 is 0 Å². The lowest BCUT2D eigenvalue weighted by Crippen LogP contribution is -2.10. The van der Waals surface area contributed by atoms with Gasteiger partial charge >= 0.3 is 0 Å². The molecule has 0 unspecified atom stereocenters. The van der Waals surface area contributed by atoms with E-state index in [1.807, 2.05) is 6.07 Å². The van der Waals surface area contributed by atoms with Gasteiger partial charge in [-0.1, -0.05) is 99.6 Å². The Morgan fingerprint density at radius 3 is 1.80 bits per heavy atom. The molecule has 2 aromatic heterocycles. The van der Waals surface area contributed by atoms with E-state index in [0.717, 1.165) is 22.2 Å². The standard InChI is InChI=1S/C48H33NO/c1-48(2,3)34-17-14-28(15-18-34)29-12-13-30-24-38-39-25-31-16-19-35(23-33(31)27-41(39)40(38)26-32(30)22-29)49-42-10-6-4-8-36(42)46-43(49)20-21-45-47(46)37-9-5-7-11-44(37)50-45/h4-27H,1-3H3. The predicted octanol–water partition coefficient (Wildman–Crippen LogP) is 13.6. The van der Waals surface area contributed by atoms with E-state index in [1.54, 1.807) is 0 Å². The minimum atomic E-state index is 0.147. The molecule has 1 aliphatic rings. The van der Waals surface area contributed by atoms with Crippen molar-refractivity contribution in [2.45, 2.75) is 26.2 Å². The summed E-state index contributed by atoms with van der Waals surface area (Å²) in [6.07, 6.45) is 0. The average molecular weight is 640 g/mol. The number of furan rings is 1. The van der Waals surface area contributed by atoms with E-state index in [1.165, 1.54) is 87.7 Å². The first-order chi connectivity index (χ1) is 24.4. The van der Waals surface area contributed by atoms with Gasteiger partial charge in [0.1, 0.15) is 11.2 Å². The molecule has 2 heteroatoms. The quantitative estimate of drug-likeness (QED) is 0.184. The third-order valence-corrected chi connectivity index (χ3v) is 11.0. The maximum atomic E-state index is 6.30. The van der Waals surface area contributed by atoms with Gasteiger partial charge in [-0.15, -0.1) is 0 Å². The van der Waals surface area contributed by atoms with Crippen molar-refractivity contribution in [3.8, 4) is 39.1 Å². The second-order valence-electron chi connectivity index (χ2n) is 15.0. The van der Waals surface area contributed by atoms with Gasteiger partial charge in [-0.3, -0.25) is 0 Å². The topological polar surface area (TPSA) is 18.1 Å². The number of benzene rings is 8. The lowest BCUT2D eigenvalue weighted by molar-refractivity contribution is 0.590. The van der Waals surface area contributed by atoms with Crippen molar-refractivity contribution in [2.24, 2.45) is 0 Å².